The highest BCUT2D eigenvalue weighted by Gasteiger charge is 2.15. The molecule has 0 spiro atoms. The maximum absolute atomic E-state index is 12.9. The zero-order chi connectivity index (χ0) is 18.4. The molecule has 0 aromatic heterocycles. The van der Waals surface area contributed by atoms with Gasteiger partial charge in [-0.25, -0.2) is 4.39 Å². The van der Waals surface area contributed by atoms with Crippen LogP contribution in [0.25, 0.3) is 0 Å². The van der Waals surface area contributed by atoms with Gasteiger partial charge in [0.05, 0.1) is 6.54 Å². The average Bonchev–Trinajstić information content (AvgIpc) is 2.67. The van der Waals surface area contributed by atoms with Crippen molar-refractivity contribution < 1.29 is 9.18 Å². The minimum Gasteiger partial charge on any atom is -0.376 e. The van der Waals surface area contributed by atoms with E-state index in [9.17, 15) is 9.18 Å². The average molecular weight is 355 g/mol. The van der Waals surface area contributed by atoms with E-state index in [0.29, 0.717) is 6.54 Å². The molecule has 138 valence electrons. The molecule has 1 aliphatic heterocycles. The highest BCUT2D eigenvalue weighted by atomic mass is 19.1. The predicted molar refractivity (Wildman–Crippen MR) is 104 cm³/mol. The fourth-order valence-corrected chi connectivity index (χ4v) is 3.10. The zero-order valence-electron chi connectivity index (χ0n) is 15.2. The van der Waals surface area contributed by atoms with Crippen molar-refractivity contribution in [1.82, 2.24) is 5.32 Å². The third kappa shape index (κ3) is 5.22. The molecule has 4 nitrogen and oxygen atoms in total. The second kappa shape index (κ2) is 8.70. The third-order valence-corrected chi connectivity index (χ3v) is 4.87. The van der Waals surface area contributed by atoms with Crippen LogP contribution in [0.5, 0.6) is 0 Å². The first-order chi connectivity index (χ1) is 12.6. The Hall–Kier alpha value is -2.56. The summed E-state index contributed by atoms with van der Waals surface area (Å²) in [5, 5.41) is 5.96. The van der Waals surface area contributed by atoms with Gasteiger partial charge in [-0.3, -0.25) is 4.79 Å². The quantitative estimate of drug-likeness (QED) is 0.829. The summed E-state index contributed by atoms with van der Waals surface area (Å²) in [6.45, 7) is 5.14. The standard InChI is InChI=1S/C21H26FN3O/c1-16-10-12-25(13-11-16)20-8-6-19(7-9-20)23-15-21(26)24-14-17-2-4-18(22)5-3-17/h2-9,16,23H,10-15H2,1H3,(H,24,26). The van der Waals surface area contributed by atoms with Crippen LogP contribution in [0.4, 0.5) is 15.8 Å². The number of amides is 1. The number of nitrogens with one attached hydrogen (secondary N) is 2. The second-order valence-corrected chi connectivity index (χ2v) is 6.97. The van der Waals surface area contributed by atoms with E-state index in [2.05, 4.69) is 34.6 Å². The minimum absolute atomic E-state index is 0.0941. The highest BCUT2D eigenvalue weighted by molar-refractivity contribution is 5.80. The van der Waals surface area contributed by atoms with Crippen molar-refractivity contribution >= 4 is 17.3 Å². The smallest absolute Gasteiger partial charge is 0.239 e. The lowest BCUT2D eigenvalue weighted by atomic mass is 9.99. The number of benzene rings is 2. The molecule has 0 radical (unpaired) electrons. The summed E-state index contributed by atoms with van der Waals surface area (Å²) in [4.78, 5) is 14.4. The first-order valence-electron chi connectivity index (χ1n) is 9.20. The van der Waals surface area contributed by atoms with E-state index in [0.717, 1.165) is 30.3 Å². The summed E-state index contributed by atoms with van der Waals surface area (Å²) in [7, 11) is 0. The minimum atomic E-state index is -0.274. The predicted octanol–water partition coefficient (Wildman–Crippen LogP) is 3.79. The van der Waals surface area contributed by atoms with Crippen molar-refractivity contribution in [2.24, 2.45) is 5.92 Å². The number of nitrogens with zero attached hydrogens (tertiary/aromatic N) is 1. The van der Waals surface area contributed by atoms with Crippen molar-refractivity contribution in [3.63, 3.8) is 0 Å². The largest absolute Gasteiger partial charge is 0.376 e. The topological polar surface area (TPSA) is 44.4 Å². The summed E-state index contributed by atoms with van der Waals surface area (Å²) in [5.74, 6) is 0.452. The van der Waals surface area contributed by atoms with Crippen LogP contribution in [0, 0.1) is 11.7 Å². The Bertz CT molecular complexity index is 707. The number of rotatable bonds is 6. The Morgan fingerprint density at radius 1 is 1.08 bits per heavy atom. The van der Waals surface area contributed by atoms with Gasteiger partial charge in [0.2, 0.25) is 5.91 Å². The van der Waals surface area contributed by atoms with Crippen LogP contribution in [0.2, 0.25) is 0 Å². The van der Waals surface area contributed by atoms with Crippen molar-refractivity contribution in [3.8, 4) is 0 Å². The molecule has 1 aliphatic rings. The van der Waals surface area contributed by atoms with Crippen LogP contribution in [-0.2, 0) is 11.3 Å². The maximum atomic E-state index is 12.9. The van der Waals surface area contributed by atoms with E-state index in [4.69, 9.17) is 0 Å². The number of carbonyl (C=O) groups excluding carboxylic acids is 1. The Morgan fingerprint density at radius 2 is 1.73 bits per heavy atom. The molecule has 1 heterocycles. The van der Waals surface area contributed by atoms with E-state index in [1.54, 1.807) is 12.1 Å². The number of anilines is 2. The number of halogens is 1. The van der Waals surface area contributed by atoms with Gasteiger partial charge in [0.25, 0.3) is 0 Å². The van der Waals surface area contributed by atoms with Gasteiger partial charge in [-0.05, 0) is 60.7 Å². The molecule has 2 N–H and O–H groups in total. The fourth-order valence-electron chi connectivity index (χ4n) is 3.10. The van der Waals surface area contributed by atoms with E-state index in [1.807, 2.05) is 12.1 Å². The Morgan fingerprint density at radius 3 is 2.38 bits per heavy atom. The Balaban J connectivity index is 1.42. The van der Waals surface area contributed by atoms with Gasteiger partial charge in [-0.1, -0.05) is 19.1 Å². The number of hydrogen-bond acceptors (Lipinski definition) is 3. The van der Waals surface area contributed by atoms with Crippen LogP contribution in [0.15, 0.2) is 48.5 Å². The van der Waals surface area contributed by atoms with Crippen LogP contribution >= 0.6 is 0 Å². The SMILES string of the molecule is CC1CCN(c2ccc(NCC(=O)NCc3ccc(F)cc3)cc2)CC1. The van der Waals surface area contributed by atoms with Gasteiger partial charge in [0.15, 0.2) is 0 Å². The molecule has 26 heavy (non-hydrogen) atoms. The van der Waals surface area contributed by atoms with E-state index in [1.165, 1.54) is 30.7 Å². The van der Waals surface area contributed by atoms with Crippen molar-refractivity contribution in [2.45, 2.75) is 26.3 Å². The molecule has 0 atom stereocenters. The highest BCUT2D eigenvalue weighted by Crippen LogP contribution is 2.24. The molecule has 0 aliphatic carbocycles. The Labute approximate surface area is 154 Å². The van der Waals surface area contributed by atoms with Gasteiger partial charge < -0.3 is 15.5 Å². The summed E-state index contributed by atoms with van der Waals surface area (Å²) in [5.41, 5.74) is 3.04. The molecule has 5 heteroatoms. The monoisotopic (exact) mass is 355 g/mol. The molecule has 0 saturated carbocycles. The van der Waals surface area contributed by atoms with Crippen LogP contribution in [0.1, 0.15) is 25.3 Å². The lowest BCUT2D eigenvalue weighted by molar-refractivity contribution is -0.119. The summed E-state index contributed by atoms with van der Waals surface area (Å²) < 4.78 is 12.9. The molecular formula is C21H26FN3O. The molecule has 0 unspecified atom stereocenters. The summed E-state index contributed by atoms with van der Waals surface area (Å²) in [6, 6.07) is 14.4. The lowest BCUT2D eigenvalue weighted by Crippen LogP contribution is -2.32. The number of hydrogen-bond donors (Lipinski definition) is 2. The van der Waals surface area contributed by atoms with Crippen molar-refractivity contribution in [1.29, 1.82) is 0 Å². The second-order valence-electron chi connectivity index (χ2n) is 6.97. The van der Waals surface area contributed by atoms with Gasteiger partial charge in [0.1, 0.15) is 5.82 Å². The molecule has 3 rings (SSSR count). The molecule has 2 aromatic rings. The lowest BCUT2D eigenvalue weighted by Gasteiger charge is -2.32. The summed E-state index contributed by atoms with van der Waals surface area (Å²) >= 11 is 0. The molecule has 1 saturated heterocycles. The molecule has 1 amide bonds. The van der Waals surface area contributed by atoms with Gasteiger partial charge >= 0.3 is 0 Å². The van der Waals surface area contributed by atoms with E-state index >= 15 is 0 Å². The van der Waals surface area contributed by atoms with Gasteiger partial charge in [-0.2, -0.15) is 0 Å². The fraction of sp³-hybridized carbons (Fsp3) is 0.381. The number of piperidine rings is 1. The maximum Gasteiger partial charge on any atom is 0.239 e. The molecular weight excluding hydrogens is 329 g/mol. The van der Waals surface area contributed by atoms with Crippen LogP contribution in [-0.4, -0.2) is 25.5 Å². The first kappa shape index (κ1) is 18.2. The third-order valence-electron chi connectivity index (χ3n) is 4.87. The van der Waals surface area contributed by atoms with Crippen LogP contribution < -0.4 is 15.5 Å². The molecule has 0 bridgehead atoms. The van der Waals surface area contributed by atoms with Crippen molar-refractivity contribution in [2.75, 3.05) is 29.9 Å². The normalized spacial score (nSPS) is 14.9. The van der Waals surface area contributed by atoms with Gasteiger partial charge in [-0.15, -0.1) is 0 Å². The summed E-state index contributed by atoms with van der Waals surface area (Å²) in [6.07, 6.45) is 2.49. The Kier molecular flexibility index (Phi) is 6.10. The van der Waals surface area contributed by atoms with Crippen LogP contribution in [0.3, 0.4) is 0 Å². The first-order valence-corrected chi connectivity index (χ1v) is 9.20. The van der Waals surface area contributed by atoms with Crippen molar-refractivity contribution in [3.05, 3.63) is 59.9 Å². The van der Waals surface area contributed by atoms with Gasteiger partial charge in [0, 0.05) is 31.0 Å². The van der Waals surface area contributed by atoms with E-state index < -0.39 is 0 Å². The molecule has 2 aromatic carbocycles. The number of carbonyl (C=O) groups is 1. The zero-order valence-corrected chi connectivity index (χ0v) is 15.2. The van der Waals surface area contributed by atoms with E-state index in [-0.39, 0.29) is 18.3 Å². The molecule has 1 fully saturated rings.